The highest BCUT2D eigenvalue weighted by atomic mass is 16.5. The molecule has 5 aromatic rings. The third-order valence-corrected chi connectivity index (χ3v) is 6.11. The van der Waals surface area contributed by atoms with Gasteiger partial charge in [-0.3, -0.25) is 14.4 Å². The minimum absolute atomic E-state index is 0.795. The van der Waals surface area contributed by atoms with Gasteiger partial charge in [-0.1, -0.05) is 12.1 Å². The molecule has 32 heavy (non-hydrogen) atoms. The van der Waals surface area contributed by atoms with Crippen LogP contribution in [0.1, 0.15) is 5.69 Å². The van der Waals surface area contributed by atoms with Gasteiger partial charge in [0.1, 0.15) is 5.65 Å². The van der Waals surface area contributed by atoms with E-state index >= 15 is 0 Å². The van der Waals surface area contributed by atoms with E-state index in [1.54, 1.807) is 0 Å². The van der Waals surface area contributed by atoms with Gasteiger partial charge in [0.15, 0.2) is 0 Å². The number of rotatable bonds is 3. The first-order valence-corrected chi connectivity index (χ1v) is 10.9. The van der Waals surface area contributed by atoms with Gasteiger partial charge in [0.25, 0.3) is 0 Å². The molecule has 5 heterocycles. The minimum atomic E-state index is 0.795. The number of aromatic nitrogens is 4. The maximum absolute atomic E-state index is 5.46. The number of aryl methyl sites for hydroxylation is 1. The van der Waals surface area contributed by atoms with E-state index in [0.29, 0.717) is 0 Å². The van der Waals surface area contributed by atoms with Gasteiger partial charge in [0.2, 0.25) is 0 Å². The van der Waals surface area contributed by atoms with Crippen LogP contribution in [-0.4, -0.2) is 45.7 Å². The zero-order valence-electron chi connectivity index (χ0n) is 17.9. The van der Waals surface area contributed by atoms with Gasteiger partial charge >= 0.3 is 0 Å². The molecule has 1 aromatic carbocycles. The van der Waals surface area contributed by atoms with Crippen molar-refractivity contribution in [1.82, 2.24) is 19.4 Å². The number of hydrogen-bond acceptors (Lipinski definition) is 5. The normalized spacial score (nSPS) is 14.3. The molecular weight excluding hydrogens is 398 g/mol. The highest BCUT2D eigenvalue weighted by Crippen LogP contribution is 2.31. The highest BCUT2D eigenvalue weighted by molar-refractivity contribution is 5.93. The van der Waals surface area contributed by atoms with Crippen LogP contribution in [0.25, 0.3) is 38.9 Å². The Kier molecular flexibility index (Phi) is 4.58. The van der Waals surface area contributed by atoms with Gasteiger partial charge < -0.3 is 9.64 Å². The van der Waals surface area contributed by atoms with E-state index in [-0.39, 0.29) is 0 Å². The zero-order chi connectivity index (χ0) is 21.5. The summed E-state index contributed by atoms with van der Waals surface area (Å²) >= 11 is 0. The second-order valence-corrected chi connectivity index (χ2v) is 8.14. The molecule has 0 radical (unpaired) electrons. The fourth-order valence-corrected chi connectivity index (χ4v) is 4.47. The minimum Gasteiger partial charge on any atom is -0.378 e. The third-order valence-electron chi connectivity index (χ3n) is 6.11. The van der Waals surface area contributed by atoms with Crippen LogP contribution in [0.5, 0.6) is 0 Å². The van der Waals surface area contributed by atoms with Crippen LogP contribution in [0.2, 0.25) is 0 Å². The molecule has 158 valence electrons. The standard InChI is InChI=1S/C26H23N5O/c1-18-14-23(22-6-8-27-16-24(22)29-18)25-17-28-26-15-20(7-9-31(25)26)19-2-4-21(5-3-19)30-10-12-32-13-11-30/h2-9,14-17H,10-13H2,1H3. The number of benzene rings is 1. The molecule has 1 saturated heterocycles. The van der Waals surface area contributed by atoms with Crippen molar-refractivity contribution < 1.29 is 4.74 Å². The number of imidazole rings is 1. The third kappa shape index (κ3) is 3.29. The largest absolute Gasteiger partial charge is 0.378 e. The van der Waals surface area contributed by atoms with Gasteiger partial charge in [-0.25, -0.2) is 4.98 Å². The average Bonchev–Trinajstić information content (AvgIpc) is 3.27. The van der Waals surface area contributed by atoms with Crippen molar-refractivity contribution in [1.29, 1.82) is 0 Å². The highest BCUT2D eigenvalue weighted by Gasteiger charge is 2.13. The summed E-state index contributed by atoms with van der Waals surface area (Å²) in [4.78, 5) is 15.9. The van der Waals surface area contributed by atoms with Crippen LogP contribution in [0.4, 0.5) is 5.69 Å². The quantitative estimate of drug-likeness (QED) is 0.421. The van der Waals surface area contributed by atoms with Gasteiger partial charge in [0, 0.05) is 47.8 Å². The zero-order valence-corrected chi connectivity index (χ0v) is 17.9. The Balaban J connectivity index is 1.37. The van der Waals surface area contributed by atoms with Crippen LogP contribution >= 0.6 is 0 Å². The molecule has 0 N–H and O–H groups in total. The van der Waals surface area contributed by atoms with Crippen molar-refractivity contribution in [3.05, 3.63) is 79.0 Å². The Labute approximate surface area is 186 Å². The lowest BCUT2D eigenvalue weighted by Gasteiger charge is -2.28. The Bertz CT molecular complexity index is 1420. The van der Waals surface area contributed by atoms with Gasteiger partial charge in [-0.2, -0.15) is 0 Å². The van der Waals surface area contributed by atoms with Crippen molar-refractivity contribution in [3.63, 3.8) is 0 Å². The molecule has 0 spiro atoms. The van der Waals surface area contributed by atoms with E-state index in [9.17, 15) is 0 Å². The summed E-state index contributed by atoms with van der Waals surface area (Å²) in [6.07, 6.45) is 7.67. The van der Waals surface area contributed by atoms with Crippen molar-refractivity contribution in [2.45, 2.75) is 6.92 Å². The molecule has 0 amide bonds. The second kappa shape index (κ2) is 7.73. The fraction of sp³-hybridized carbons (Fsp3) is 0.192. The molecule has 1 aliphatic heterocycles. The number of ether oxygens (including phenoxy) is 1. The van der Waals surface area contributed by atoms with Gasteiger partial charge in [-0.05, 0) is 54.4 Å². The lowest BCUT2D eigenvalue weighted by Crippen LogP contribution is -2.36. The molecule has 0 saturated carbocycles. The number of nitrogens with zero attached hydrogens (tertiary/aromatic N) is 5. The summed E-state index contributed by atoms with van der Waals surface area (Å²) in [6.45, 7) is 5.49. The Morgan fingerprint density at radius 2 is 1.75 bits per heavy atom. The van der Waals surface area contributed by atoms with Gasteiger partial charge in [-0.15, -0.1) is 0 Å². The lowest BCUT2D eigenvalue weighted by molar-refractivity contribution is 0.122. The first-order chi connectivity index (χ1) is 15.8. The van der Waals surface area contributed by atoms with E-state index < -0.39 is 0 Å². The number of pyridine rings is 3. The summed E-state index contributed by atoms with van der Waals surface area (Å²) in [5.41, 5.74) is 8.54. The summed E-state index contributed by atoms with van der Waals surface area (Å²) in [5, 5.41) is 1.08. The average molecular weight is 422 g/mol. The van der Waals surface area contributed by atoms with Crippen molar-refractivity contribution in [3.8, 4) is 22.4 Å². The molecule has 4 aromatic heterocycles. The molecule has 0 unspecified atom stereocenters. The summed E-state index contributed by atoms with van der Waals surface area (Å²) in [5.74, 6) is 0. The topological polar surface area (TPSA) is 55.6 Å². The molecule has 6 heteroatoms. The summed E-state index contributed by atoms with van der Waals surface area (Å²) in [7, 11) is 0. The maximum atomic E-state index is 5.46. The predicted molar refractivity (Wildman–Crippen MR) is 127 cm³/mol. The SMILES string of the molecule is Cc1cc(-c2cnc3cc(-c4ccc(N5CCOCC5)cc4)ccn23)c2ccncc2n1. The smallest absolute Gasteiger partial charge is 0.137 e. The van der Waals surface area contributed by atoms with Crippen LogP contribution in [0.3, 0.4) is 0 Å². The maximum Gasteiger partial charge on any atom is 0.137 e. The molecule has 0 bridgehead atoms. The monoisotopic (exact) mass is 421 g/mol. The number of fused-ring (bicyclic) bond motifs is 2. The molecule has 6 nitrogen and oxygen atoms in total. The second-order valence-electron chi connectivity index (χ2n) is 8.14. The lowest BCUT2D eigenvalue weighted by atomic mass is 10.1. The molecule has 0 aliphatic carbocycles. The van der Waals surface area contributed by atoms with Crippen LogP contribution in [0.15, 0.2) is 73.3 Å². The predicted octanol–water partition coefficient (Wildman–Crippen LogP) is 4.76. The van der Waals surface area contributed by atoms with Gasteiger partial charge in [0.05, 0.1) is 36.8 Å². The van der Waals surface area contributed by atoms with E-state index in [4.69, 9.17) is 9.72 Å². The van der Waals surface area contributed by atoms with Crippen LogP contribution in [-0.2, 0) is 4.74 Å². The van der Waals surface area contributed by atoms with E-state index in [1.165, 1.54) is 11.3 Å². The Morgan fingerprint density at radius 1 is 0.906 bits per heavy atom. The van der Waals surface area contributed by atoms with Crippen LogP contribution < -0.4 is 4.90 Å². The van der Waals surface area contributed by atoms with Crippen molar-refractivity contribution >= 4 is 22.2 Å². The number of morpholine rings is 1. The van der Waals surface area contributed by atoms with E-state index in [1.807, 2.05) is 31.6 Å². The molecular formula is C26H23N5O. The van der Waals surface area contributed by atoms with E-state index in [2.05, 4.69) is 67.9 Å². The van der Waals surface area contributed by atoms with Crippen molar-refractivity contribution in [2.24, 2.45) is 0 Å². The van der Waals surface area contributed by atoms with Crippen LogP contribution in [0, 0.1) is 6.92 Å². The molecule has 0 atom stereocenters. The fourth-order valence-electron chi connectivity index (χ4n) is 4.47. The van der Waals surface area contributed by atoms with E-state index in [0.717, 1.165) is 65.4 Å². The molecule has 1 fully saturated rings. The first-order valence-electron chi connectivity index (χ1n) is 10.9. The summed E-state index contributed by atoms with van der Waals surface area (Å²) < 4.78 is 7.60. The number of hydrogen-bond donors (Lipinski definition) is 0. The first kappa shape index (κ1) is 19.0. The Hall–Kier alpha value is -3.77. The summed E-state index contributed by atoms with van der Waals surface area (Å²) in [6, 6.07) is 17.2. The van der Waals surface area contributed by atoms with Crippen molar-refractivity contribution in [2.75, 3.05) is 31.2 Å². The molecule has 1 aliphatic rings. The Morgan fingerprint density at radius 3 is 2.59 bits per heavy atom. The number of anilines is 1. The molecule has 6 rings (SSSR count).